The first-order valence-corrected chi connectivity index (χ1v) is 13.0. The number of nitrogens with zero attached hydrogens (tertiary/aromatic N) is 2. The number of non-ortho nitro benzene ring substituents is 1. The minimum Gasteiger partial charge on any atom is -0.472 e. The first kappa shape index (κ1) is 22.0. The van der Waals surface area contributed by atoms with Crippen LogP contribution in [0.2, 0.25) is 0 Å². The molecule has 0 spiro atoms. The van der Waals surface area contributed by atoms with E-state index >= 15 is 0 Å². The lowest BCUT2D eigenvalue weighted by molar-refractivity contribution is -0.384. The maximum absolute atomic E-state index is 12.1. The molecule has 0 N–H and O–H groups in total. The highest BCUT2D eigenvalue weighted by molar-refractivity contribution is 5.95. The van der Waals surface area contributed by atoms with Crippen LogP contribution in [0.5, 0.6) is 0 Å². The van der Waals surface area contributed by atoms with Crippen molar-refractivity contribution >= 4 is 17.4 Å². The number of allylic oxidation sites excluding steroid dienone is 2. The predicted molar refractivity (Wildman–Crippen MR) is 130 cm³/mol. The summed E-state index contributed by atoms with van der Waals surface area (Å²) in [5.74, 6) is 3.66. The molecular formula is C28H34N2O4. The number of hydrogen-bond acceptors (Lipinski definition) is 5. The van der Waals surface area contributed by atoms with Crippen LogP contribution in [0.4, 0.5) is 5.69 Å². The second-order valence-electron chi connectivity index (χ2n) is 11.8. The van der Waals surface area contributed by atoms with E-state index < -0.39 is 0 Å². The molecule has 6 nitrogen and oxygen atoms in total. The fourth-order valence-corrected chi connectivity index (χ4v) is 8.61. The Morgan fingerprint density at radius 3 is 2.59 bits per heavy atom. The molecule has 0 amide bonds. The second-order valence-corrected chi connectivity index (χ2v) is 11.8. The second kappa shape index (κ2) is 7.76. The Labute approximate surface area is 201 Å². The van der Waals surface area contributed by atoms with Crippen LogP contribution in [0.1, 0.15) is 70.8 Å². The van der Waals surface area contributed by atoms with Crippen LogP contribution < -0.4 is 0 Å². The summed E-state index contributed by atoms with van der Waals surface area (Å²) in [6.45, 7) is 5.63. The summed E-state index contributed by atoms with van der Waals surface area (Å²) >= 11 is 0. The molecule has 1 aromatic rings. The number of benzene rings is 1. The van der Waals surface area contributed by atoms with Crippen LogP contribution in [0.15, 0.2) is 40.9 Å². The Hall–Kier alpha value is -2.50. The molecule has 7 atom stereocenters. The number of carbonyl (C=O) groups excluding carboxylic acids is 1. The Morgan fingerprint density at radius 1 is 1.06 bits per heavy atom. The highest BCUT2D eigenvalue weighted by atomic mass is 16.6. The standard InChI is InChI=1S/C28H34N2O4/c1-27-13-11-20(31)15-18(27)5-8-21-22-9-10-24(28(22,2)14-12-23(21)27)25-16-29-26(34-25)17-3-6-19(7-4-17)30(32)33/h3-7,21-25H,8-16H2,1-2H3/t21-,22-,23-,24+,25-,27-,28-/m0/s1. The van der Waals surface area contributed by atoms with E-state index in [0.29, 0.717) is 48.3 Å². The zero-order chi connectivity index (χ0) is 23.7. The summed E-state index contributed by atoms with van der Waals surface area (Å²) in [7, 11) is 0. The van der Waals surface area contributed by atoms with Gasteiger partial charge < -0.3 is 4.74 Å². The van der Waals surface area contributed by atoms with Gasteiger partial charge in [0.25, 0.3) is 5.69 Å². The lowest BCUT2D eigenvalue weighted by Gasteiger charge is -2.57. The van der Waals surface area contributed by atoms with E-state index in [1.165, 1.54) is 43.4 Å². The number of carbonyl (C=O) groups is 1. The van der Waals surface area contributed by atoms with Gasteiger partial charge in [0.2, 0.25) is 5.90 Å². The molecule has 0 saturated heterocycles. The molecule has 1 aromatic carbocycles. The number of ketones is 1. The van der Waals surface area contributed by atoms with E-state index in [9.17, 15) is 14.9 Å². The zero-order valence-electron chi connectivity index (χ0n) is 20.2. The van der Waals surface area contributed by atoms with Crippen molar-refractivity contribution in [2.24, 2.45) is 39.5 Å². The molecule has 6 heteroatoms. The minimum atomic E-state index is -0.380. The van der Waals surface area contributed by atoms with Gasteiger partial charge in [-0.05, 0) is 79.2 Å². The van der Waals surface area contributed by atoms with Crippen molar-refractivity contribution in [3.05, 3.63) is 51.6 Å². The summed E-state index contributed by atoms with van der Waals surface area (Å²) in [5.41, 5.74) is 2.82. The highest BCUT2D eigenvalue weighted by Gasteiger charge is 2.60. The van der Waals surface area contributed by atoms with E-state index in [2.05, 4.69) is 19.9 Å². The fourth-order valence-electron chi connectivity index (χ4n) is 8.61. The topological polar surface area (TPSA) is 81.8 Å². The molecule has 1 heterocycles. The fraction of sp³-hybridized carbons (Fsp3) is 0.643. The Kier molecular flexibility index (Phi) is 5.02. The number of fused-ring (bicyclic) bond motifs is 5. The first-order chi connectivity index (χ1) is 16.3. The number of hydrogen-bond donors (Lipinski definition) is 0. The highest BCUT2D eigenvalue weighted by Crippen LogP contribution is 2.66. The Balaban J connectivity index is 1.19. The monoisotopic (exact) mass is 462 g/mol. The molecule has 0 unspecified atom stereocenters. The van der Waals surface area contributed by atoms with Gasteiger partial charge in [0.05, 0.1) is 11.5 Å². The van der Waals surface area contributed by atoms with Crippen molar-refractivity contribution in [2.75, 3.05) is 6.54 Å². The molecule has 0 aromatic heterocycles. The number of Topliss-reactive ketones (excluding diaryl/α,β-unsaturated/α-hetero) is 1. The van der Waals surface area contributed by atoms with Gasteiger partial charge in [-0.3, -0.25) is 14.9 Å². The number of aliphatic imine (C=N–C) groups is 1. The van der Waals surface area contributed by atoms with Crippen LogP contribution in [0, 0.1) is 44.6 Å². The number of ether oxygens (including phenoxy) is 1. The van der Waals surface area contributed by atoms with E-state index in [4.69, 9.17) is 9.73 Å². The Morgan fingerprint density at radius 2 is 1.82 bits per heavy atom. The third kappa shape index (κ3) is 3.20. The van der Waals surface area contributed by atoms with Gasteiger partial charge in [-0.15, -0.1) is 0 Å². The summed E-state index contributed by atoms with van der Waals surface area (Å²) in [4.78, 5) is 27.4. The van der Waals surface area contributed by atoms with Gasteiger partial charge in [-0.1, -0.05) is 25.5 Å². The van der Waals surface area contributed by atoms with Crippen molar-refractivity contribution in [3.63, 3.8) is 0 Å². The van der Waals surface area contributed by atoms with E-state index in [-0.39, 0.29) is 27.5 Å². The molecular weight excluding hydrogens is 428 g/mol. The van der Waals surface area contributed by atoms with Gasteiger partial charge in [0, 0.05) is 36.5 Å². The molecule has 34 heavy (non-hydrogen) atoms. The smallest absolute Gasteiger partial charge is 0.269 e. The van der Waals surface area contributed by atoms with Crippen molar-refractivity contribution in [2.45, 2.75) is 71.3 Å². The first-order valence-electron chi connectivity index (χ1n) is 13.0. The summed E-state index contributed by atoms with van der Waals surface area (Å²) in [5, 5.41) is 11.0. The largest absolute Gasteiger partial charge is 0.472 e. The molecule has 0 bridgehead atoms. The van der Waals surface area contributed by atoms with E-state index in [0.717, 1.165) is 24.8 Å². The third-order valence-electron chi connectivity index (χ3n) is 10.5. The molecule has 1 aliphatic heterocycles. The summed E-state index contributed by atoms with van der Waals surface area (Å²) < 4.78 is 6.43. The molecule has 4 aliphatic carbocycles. The molecule has 5 aliphatic rings. The predicted octanol–water partition coefficient (Wildman–Crippen LogP) is 5.89. The van der Waals surface area contributed by atoms with Gasteiger partial charge in [0.15, 0.2) is 0 Å². The molecule has 0 radical (unpaired) electrons. The SMILES string of the molecule is C[C@]12CC[C@H]3[C@@H](CC=C4CC(=O)CC[C@@]43C)[C@@H]1CC[C@@H]2[C@@H]1CN=C(c2ccc([N+](=O)[O-])cc2)O1. The van der Waals surface area contributed by atoms with Gasteiger partial charge in [0.1, 0.15) is 11.9 Å². The van der Waals surface area contributed by atoms with Crippen LogP contribution >= 0.6 is 0 Å². The van der Waals surface area contributed by atoms with Crippen LogP contribution in [0.3, 0.4) is 0 Å². The van der Waals surface area contributed by atoms with Crippen LogP contribution in [-0.2, 0) is 9.53 Å². The summed E-state index contributed by atoms with van der Waals surface area (Å²) in [6.07, 6.45) is 11.1. The molecule has 3 fully saturated rings. The van der Waals surface area contributed by atoms with Crippen molar-refractivity contribution in [1.29, 1.82) is 0 Å². The minimum absolute atomic E-state index is 0.0857. The van der Waals surface area contributed by atoms with E-state index in [1.54, 1.807) is 12.1 Å². The maximum Gasteiger partial charge on any atom is 0.269 e. The van der Waals surface area contributed by atoms with Gasteiger partial charge >= 0.3 is 0 Å². The molecule has 6 rings (SSSR count). The molecule has 3 saturated carbocycles. The average molecular weight is 463 g/mol. The third-order valence-corrected chi connectivity index (χ3v) is 10.5. The lowest BCUT2D eigenvalue weighted by Crippen LogP contribution is -2.51. The van der Waals surface area contributed by atoms with E-state index in [1.807, 2.05) is 0 Å². The van der Waals surface area contributed by atoms with Crippen molar-refractivity contribution in [3.8, 4) is 0 Å². The Bertz CT molecular complexity index is 1090. The lowest BCUT2D eigenvalue weighted by atomic mass is 9.47. The van der Waals surface area contributed by atoms with Crippen LogP contribution in [-0.4, -0.2) is 29.3 Å². The maximum atomic E-state index is 12.1. The average Bonchev–Trinajstić information content (AvgIpc) is 3.44. The normalized spacial score (nSPS) is 41.0. The van der Waals surface area contributed by atoms with Crippen molar-refractivity contribution < 1.29 is 14.5 Å². The number of rotatable bonds is 3. The quantitative estimate of drug-likeness (QED) is 0.319. The summed E-state index contributed by atoms with van der Waals surface area (Å²) in [6, 6.07) is 6.52. The van der Waals surface area contributed by atoms with Crippen molar-refractivity contribution in [1.82, 2.24) is 0 Å². The number of nitro benzene ring substituents is 1. The van der Waals surface area contributed by atoms with Gasteiger partial charge in [-0.25, -0.2) is 4.99 Å². The molecule has 180 valence electrons. The van der Waals surface area contributed by atoms with Gasteiger partial charge in [-0.2, -0.15) is 0 Å². The zero-order valence-corrected chi connectivity index (χ0v) is 20.2. The number of nitro groups is 1. The van der Waals surface area contributed by atoms with Crippen LogP contribution in [0.25, 0.3) is 0 Å².